The van der Waals surface area contributed by atoms with Gasteiger partial charge in [-0.1, -0.05) is 0 Å². The zero-order valence-electron chi connectivity index (χ0n) is 16.3. The van der Waals surface area contributed by atoms with Crippen LogP contribution in [0.3, 0.4) is 0 Å². The minimum Gasteiger partial charge on any atom is -0.378 e. The average Bonchev–Trinajstić information content (AvgIpc) is 3.02. The summed E-state index contributed by atoms with van der Waals surface area (Å²) >= 11 is 0. The number of imide groups is 1. The van der Waals surface area contributed by atoms with Crippen LogP contribution in [-0.4, -0.2) is 49.9 Å². The second-order valence-electron chi connectivity index (χ2n) is 7.22. The van der Waals surface area contributed by atoms with E-state index in [1.54, 1.807) is 24.3 Å². The van der Waals surface area contributed by atoms with E-state index in [-0.39, 0.29) is 24.0 Å². The molecule has 29 heavy (non-hydrogen) atoms. The van der Waals surface area contributed by atoms with Crippen LogP contribution in [0, 0.1) is 0 Å². The Labute approximate surface area is 169 Å². The van der Waals surface area contributed by atoms with Gasteiger partial charge in [0.15, 0.2) is 5.78 Å². The molecule has 1 atom stereocenters. The van der Waals surface area contributed by atoms with Gasteiger partial charge in [0.25, 0.3) is 5.91 Å². The highest BCUT2D eigenvalue weighted by molar-refractivity contribution is 6.23. The number of anilines is 3. The number of hydrogen-bond acceptors (Lipinski definition) is 6. The standard InChI is InChI=1S/C22H23N3O4/c1-15(26)16-2-6-19(7-3-16)25-21(27)14-20(22(25)28)23-17-4-8-18(9-5-17)24-10-12-29-13-11-24/h2-9,20,23H,10-14H2,1H3/t20-/m0/s1. The van der Waals surface area contributed by atoms with Crippen LogP contribution in [0.1, 0.15) is 23.7 Å². The highest BCUT2D eigenvalue weighted by Crippen LogP contribution is 2.26. The molecule has 2 aromatic rings. The maximum Gasteiger partial charge on any atom is 0.256 e. The molecule has 2 aliphatic heterocycles. The molecule has 150 valence electrons. The summed E-state index contributed by atoms with van der Waals surface area (Å²) in [4.78, 5) is 40.1. The van der Waals surface area contributed by atoms with Gasteiger partial charge < -0.3 is 15.0 Å². The van der Waals surface area contributed by atoms with Gasteiger partial charge in [-0.25, -0.2) is 4.90 Å². The van der Waals surface area contributed by atoms with Gasteiger partial charge in [0, 0.05) is 30.0 Å². The van der Waals surface area contributed by atoms with E-state index in [0.717, 1.165) is 37.7 Å². The number of benzene rings is 2. The predicted octanol–water partition coefficient (Wildman–Crippen LogP) is 2.47. The summed E-state index contributed by atoms with van der Waals surface area (Å²) in [5.74, 6) is -0.605. The summed E-state index contributed by atoms with van der Waals surface area (Å²) in [5.41, 5.74) is 2.93. The van der Waals surface area contributed by atoms with Gasteiger partial charge in [-0.3, -0.25) is 14.4 Å². The zero-order valence-corrected chi connectivity index (χ0v) is 16.3. The fourth-order valence-electron chi connectivity index (χ4n) is 3.65. The number of carbonyl (C=O) groups is 3. The topological polar surface area (TPSA) is 79.0 Å². The van der Waals surface area contributed by atoms with Crippen molar-refractivity contribution < 1.29 is 19.1 Å². The Morgan fingerprint density at radius 1 is 0.966 bits per heavy atom. The molecule has 2 heterocycles. The molecule has 7 heteroatoms. The van der Waals surface area contributed by atoms with E-state index in [1.165, 1.54) is 11.8 Å². The van der Waals surface area contributed by atoms with Crippen LogP contribution in [0.25, 0.3) is 0 Å². The first-order valence-corrected chi connectivity index (χ1v) is 9.70. The SMILES string of the molecule is CC(=O)c1ccc(N2C(=O)C[C@H](Nc3ccc(N4CCOCC4)cc3)C2=O)cc1. The second-order valence-corrected chi connectivity index (χ2v) is 7.22. The molecule has 0 aliphatic carbocycles. The Morgan fingerprint density at radius 3 is 2.21 bits per heavy atom. The van der Waals surface area contributed by atoms with E-state index in [1.807, 2.05) is 24.3 Å². The van der Waals surface area contributed by atoms with Gasteiger partial charge in [-0.05, 0) is 55.5 Å². The Hall–Kier alpha value is -3.19. The lowest BCUT2D eigenvalue weighted by Crippen LogP contribution is -2.36. The fraction of sp³-hybridized carbons (Fsp3) is 0.318. The summed E-state index contributed by atoms with van der Waals surface area (Å²) in [6, 6.07) is 13.8. The number of Topliss-reactive ketones (excluding diaryl/α,β-unsaturated/α-hetero) is 1. The van der Waals surface area contributed by atoms with Crippen LogP contribution in [-0.2, 0) is 14.3 Å². The fourth-order valence-corrected chi connectivity index (χ4v) is 3.65. The molecular formula is C22H23N3O4. The number of morpholine rings is 1. The number of nitrogens with zero attached hydrogens (tertiary/aromatic N) is 2. The summed E-state index contributed by atoms with van der Waals surface area (Å²) in [6.07, 6.45) is 0.0957. The van der Waals surface area contributed by atoms with Crippen molar-refractivity contribution in [2.75, 3.05) is 41.4 Å². The Bertz CT molecular complexity index is 918. The van der Waals surface area contributed by atoms with Gasteiger partial charge in [0.1, 0.15) is 6.04 Å². The largest absolute Gasteiger partial charge is 0.378 e. The van der Waals surface area contributed by atoms with Crippen LogP contribution >= 0.6 is 0 Å². The molecule has 0 bridgehead atoms. The number of rotatable bonds is 5. The quantitative estimate of drug-likeness (QED) is 0.621. The number of amides is 2. The van der Waals surface area contributed by atoms with Crippen molar-refractivity contribution in [2.45, 2.75) is 19.4 Å². The molecule has 0 radical (unpaired) electrons. The predicted molar refractivity (Wildman–Crippen MR) is 110 cm³/mol. The van der Waals surface area contributed by atoms with Crippen LogP contribution < -0.4 is 15.1 Å². The van der Waals surface area contributed by atoms with Crippen LogP contribution in [0.2, 0.25) is 0 Å². The summed E-state index contributed by atoms with van der Waals surface area (Å²) in [5, 5.41) is 3.17. The van der Waals surface area contributed by atoms with Crippen LogP contribution in [0.5, 0.6) is 0 Å². The second kappa shape index (κ2) is 8.05. The van der Waals surface area contributed by atoms with Crippen molar-refractivity contribution in [1.82, 2.24) is 0 Å². The van der Waals surface area contributed by atoms with E-state index in [4.69, 9.17) is 4.74 Å². The van der Waals surface area contributed by atoms with Crippen LogP contribution in [0.15, 0.2) is 48.5 Å². The van der Waals surface area contributed by atoms with Gasteiger partial charge in [0.2, 0.25) is 5.91 Å². The Kier molecular flexibility index (Phi) is 5.31. The molecule has 4 rings (SSSR count). The molecule has 7 nitrogen and oxygen atoms in total. The molecule has 2 aliphatic rings. The van der Waals surface area contributed by atoms with Crippen molar-refractivity contribution >= 4 is 34.7 Å². The third-order valence-corrected chi connectivity index (χ3v) is 5.26. The van der Waals surface area contributed by atoms with Crippen LogP contribution in [0.4, 0.5) is 17.1 Å². The summed E-state index contributed by atoms with van der Waals surface area (Å²) in [6.45, 7) is 4.65. The number of nitrogens with one attached hydrogen (secondary N) is 1. The van der Waals surface area contributed by atoms with Gasteiger partial charge in [0.05, 0.1) is 25.3 Å². The first-order valence-electron chi connectivity index (χ1n) is 9.70. The van der Waals surface area contributed by atoms with Crippen molar-refractivity contribution in [3.8, 4) is 0 Å². The van der Waals surface area contributed by atoms with Crippen molar-refractivity contribution in [2.24, 2.45) is 0 Å². The monoisotopic (exact) mass is 393 g/mol. The number of ether oxygens (including phenoxy) is 1. The van der Waals surface area contributed by atoms with E-state index in [0.29, 0.717) is 11.3 Å². The number of ketones is 1. The minimum atomic E-state index is -0.607. The highest BCUT2D eigenvalue weighted by atomic mass is 16.5. The molecule has 0 aromatic heterocycles. The van der Waals surface area contributed by atoms with E-state index >= 15 is 0 Å². The van der Waals surface area contributed by atoms with E-state index in [2.05, 4.69) is 10.2 Å². The lowest BCUT2D eigenvalue weighted by Gasteiger charge is -2.29. The number of hydrogen-bond donors (Lipinski definition) is 1. The zero-order chi connectivity index (χ0) is 20.4. The van der Waals surface area contributed by atoms with Crippen molar-refractivity contribution in [3.63, 3.8) is 0 Å². The molecule has 0 unspecified atom stereocenters. The van der Waals surface area contributed by atoms with Gasteiger partial charge >= 0.3 is 0 Å². The Balaban J connectivity index is 1.44. The molecule has 2 aromatic carbocycles. The number of carbonyl (C=O) groups excluding carboxylic acids is 3. The summed E-state index contributed by atoms with van der Waals surface area (Å²) in [7, 11) is 0. The van der Waals surface area contributed by atoms with E-state index < -0.39 is 6.04 Å². The van der Waals surface area contributed by atoms with Crippen molar-refractivity contribution in [1.29, 1.82) is 0 Å². The summed E-state index contributed by atoms with van der Waals surface area (Å²) < 4.78 is 5.38. The maximum atomic E-state index is 12.8. The molecule has 0 spiro atoms. The smallest absolute Gasteiger partial charge is 0.256 e. The maximum absolute atomic E-state index is 12.8. The molecule has 2 fully saturated rings. The third-order valence-electron chi connectivity index (χ3n) is 5.26. The van der Waals surface area contributed by atoms with E-state index in [9.17, 15) is 14.4 Å². The third kappa shape index (κ3) is 4.00. The molecule has 2 amide bonds. The molecule has 2 saturated heterocycles. The minimum absolute atomic E-state index is 0.0595. The normalized spacial score (nSPS) is 19.6. The first kappa shape index (κ1) is 19.1. The highest BCUT2D eigenvalue weighted by Gasteiger charge is 2.39. The lowest BCUT2D eigenvalue weighted by atomic mass is 10.1. The average molecular weight is 393 g/mol. The Morgan fingerprint density at radius 2 is 1.59 bits per heavy atom. The first-order chi connectivity index (χ1) is 14.0. The molecular weight excluding hydrogens is 370 g/mol. The van der Waals surface area contributed by atoms with Crippen molar-refractivity contribution in [3.05, 3.63) is 54.1 Å². The lowest BCUT2D eigenvalue weighted by molar-refractivity contribution is -0.121. The molecule has 1 N–H and O–H groups in total. The molecule has 0 saturated carbocycles. The van der Waals surface area contributed by atoms with Gasteiger partial charge in [-0.15, -0.1) is 0 Å². The van der Waals surface area contributed by atoms with Gasteiger partial charge in [-0.2, -0.15) is 0 Å².